The van der Waals surface area contributed by atoms with E-state index in [4.69, 9.17) is 4.74 Å². The van der Waals surface area contributed by atoms with Crippen LogP contribution < -0.4 is 15.4 Å². The molecule has 9 nitrogen and oxygen atoms in total. The maximum absolute atomic E-state index is 12.6. The number of benzene rings is 2. The highest BCUT2D eigenvalue weighted by atomic mass is 16.5. The van der Waals surface area contributed by atoms with Crippen molar-refractivity contribution >= 4 is 29.4 Å². The third kappa shape index (κ3) is 4.06. The number of carbonyl (C=O) groups is 3. The largest absolute Gasteiger partial charge is 0.495 e. The number of carbonyl (C=O) groups excluding carboxylic acids is 3. The molecule has 0 unspecified atom stereocenters. The summed E-state index contributed by atoms with van der Waals surface area (Å²) in [4.78, 5) is 46.7. The molecule has 4 amide bonds. The summed E-state index contributed by atoms with van der Waals surface area (Å²) < 4.78 is 5.37. The first kappa shape index (κ1) is 20.0. The zero-order valence-corrected chi connectivity index (χ0v) is 16.9. The molecule has 3 aromatic rings. The van der Waals surface area contributed by atoms with Crippen molar-refractivity contribution in [1.82, 2.24) is 14.9 Å². The molecular weight excluding hydrogens is 398 g/mol. The van der Waals surface area contributed by atoms with Crippen LogP contribution in [0.3, 0.4) is 0 Å². The van der Waals surface area contributed by atoms with Crippen LogP contribution in [0.5, 0.6) is 5.75 Å². The fourth-order valence-electron chi connectivity index (χ4n) is 3.23. The van der Waals surface area contributed by atoms with Gasteiger partial charge in [-0.25, -0.2) is 9.78 Å². The quantitative estimate of drug-likeness (QED) is 0.616. The number of rotatable bonds is 5. The SMILES string of the molecule is COc1cc(CN2C(=O)c3ccccc3C2=O)ccc1NC(=O)Nc1cnc(C)cn1. The maximum atomic E-state index is 12.6. The number of methoxy groups -OCH3 is 1. The Morgan fingerprint density at radius 2 is 1.71 bits per heavy atom. The van der Waals surface area contributed by atoms with Crippen molar-refractivity contribution in [2.24, 2.45) is 0 Å². The van der Waals surface area contributed by atoms with Gasteiger partial charge >= 0.3 is 6.03 Å². The Balaban J connectivity index is 1.47. The molecule has 2 aromatic carbocycles. The monoisotopic (exact) mass is 417 g/mol. The molecule has 1 aliphatic rings. The number of urea groups is 1. The zero-order chi connectivity index (χ0) is 22.0. The van der Waals surface area contributed by atoms with Gasteiger partial charge in [0.25, 0.3) is 11.8 Å². The summed E-state index contributed by atoms with van der Waals surface area (Å²) in [6.45, 7) is 1.89. The van der Waals surface area contributed by atoms with Crippen LogP contribution in [0.25, 0.3) is 0 Å². The second kappa shape index (κ2) is 8.23. The van der Waals surface area contributed by atoms with E-state index >= 15 is 0 Å². The van der Waals surface area contributed by atoms with Crippen molar-refractivity contribution in [3.05, 3.63) is 77.2 Å². The Bertz CT molecular complexity index is 1140. The molecule has 2 heterocycles. The Hall–Kier alpha value is -4.27. The average molecular weight is 417 g/mol. The van der Waals surface area contributed by atoms with Crippen LogP contribution in [0, 0.1) is 6.92 Å². The van der Waals surface area contributed by atoms with Gasteiger partial charge in [-0.15, -0.1) is 0 Å². The van der Waals surface area contributed by atoms with Gasteiger partial charge in [0, 0.05) is 0 Å². The lowest BCUT2D eigenvalue weighted by Gasteiger charge is -2.16. The number of aromatic nitrogens is 2. The number of anilines is 2. The summed E-state index contributed by atoms with van der Waals surface area (Å²) in [6, 6.07) is 11.3. The van der Waals surface area contributed by atoms with Gasteiger partial charge in [0.15, 0.2) is 5.82 Å². The van der Waals surface area contributed by atoms with Gasteiger partial charge in [-0.2, -0.15) is 0 Å². The number of imide groups is 1. The highest BCUT2D eigenvalue weighted by Gasteiger charge is 2.35. The molecule has 0 fully saturated rings. The molecule has 0 radical (unpaired) electrons. The first-order valence-electron chi connectivity index (χ1n) is 9.45. The van der Waals surface area contributed by atoms with Crippen molar-refractivity contribution in [3.8, 4) is 5.75 Å². The summed E-state index contributed by atoms with van der Waals surface area (Å²) in [7, 11) is 1.47. The normalized spacial score (nSPS) is 12.5. The summed E-state index contributed by atoms with van der Waals surface area (Å²) >= 11 is 0. The Morgan fingerprint density at radius 1 is 1.00 bits per heavy atom. The predicted molar refractivity (Wildman–Crippen MR) is 113 cm³/mol. The van der Waals surface area contributed by atoms with Crippen molar-refractivity contribution in [2.75, 3.05) is 17.7 Å². The minimum atomic E-state index is -0.510. The fraction of sp³-hybridized carbons (Fsp3) is 0.136. The van der Waals surface area contributed by atoms with Crippen LogP contribution in [-0.4, -0.2) is 39.8 Å². The van der Waals surface area contributed by atoms with E-state index in [9.17, 15) is 14.4 Å². The predicted octanol–water partition coefficient (Wildman–Crippen LogP) is 3.23. The highest BCUT2D eigenvalue weighted by molar-refractivity contribution is 6.21. The van der Waals surface area contributed by atoms with E-state index in [1.165, 1.54) is 18.2 Å². The van der Waals surface area contributed by atoms with Crippen LogP contribution in [0.4, 0.5) is 16.3 Å². The van der Waals surface area contributed by atoms with Crippen molar-refractivity contribution in [1.29, 1.82) is 0 Å². The molecule has 0 spiro atoms. The number of fused-ring (bicyclic) bond motifs is 1. The van der Waals surface area contributed by atoms with E-state index in [2.05, 4.69) is 20.6 Å². The molecule has 0 bridgehead atoms. The molecular formula is C22H19N5O4. The van der Waals surface area contributed by atoms with E-state index in [0.717, 1.165) is 5.69 Å². The van der Waals surface area contributed by atoms with Crippen molar-refractivity contribution in [3.63, 3.8) is 0 Å². The number of nitrogens with zero attached hydrogens (tertiary/aromatic N) is 3. The molecule has 0 saturated heterocycles. The first-order chi connectivity index (χ1) is 15.0. The van der Waals surface area contributed by atoms with Gasteiger partial charge < -0.3 is 10.1 Å². The number of hydrogen-bond acceptors (Lipinski definition) is 6. The second-order valence-electron chi connectivity index (χ2n) is 6.90. The second-order valence-corrected chi connectivity index (χ2v) is 6.90. The van der Waals surface area contributed by atoms with Crippen molar-refractivity contribution in [2.45, 2.75) is 13.5 Å². The van der Waals surface area contributed by atoms with Crippen molar-refractivity contribution < 1.29 is 19.1 Å². The number of amides is 4. The Labute approximate surface area is 178 Å². The van der Waals surface area contributed by atoms with Gasteiger partial charge in [0.2, 0.25) is 0 Å². The maximum Gasteiger partial charge on any atom is 0.324 e. The lowest BCUT2D eigenvalue weighted by atomic mass is 10.1. The smallest absolute Gasteiger partial charge is 0.324 e. The van der Waals surface area contributed by atoms with Gasteiger partial charge in [-0.1, -0.05) is 18.2 Å². The third-order valence-corrected chi connectivity index (χ3v) is 4.76. The standard InChI is InChI=1S/C22H19N5O4/c1-13-10-24-19(11-23-13)26-22(30)25-17-8-7-14(9-18(17)31-2)12-27-20(28)15-5-3-4-6-16(15)21(27)29/h3-11H,12H2,1-2H3,(H2,24,25,26,30). The van der Waals surface area contributed by atoms with E-state index in [0.29, 0.717) is 33.9 Å². The summed E-state index contributed by atoms with van der Waals surface area (Å²) in [6.07, 6.45) is 3.00. The summed E-state index contributed by atoms with van der Waals surface area (Å²) in [5.74, 6) is 0.0317. The highest BCUT2D eigenvalue weighted by Crippen LogP contribution is 2.29. The lowest BCUT2D eigenvalue weighted by Crippen LogP contribution is -2.29. The van der Waals surface area contributed by atoms with E-state index in [-0.39, 0.29) is 18.4 Å². The van der Waals surface area contributed by atoms with Gasteiger partial charge in [-0.3, -0.25) is 24.8 Å². The number of aryl methyl sites for hydroxylation is 1. The Morgan fingerprint density at radius 3 is 2.32 bits per heavy atom. The van der Waals surface area contributed by atoms with Crippen LogP contribution in [0.1, 0.15) is 32.0 Å². The number of hydrogen-bond donors (Lipinski definition) is 2. The Kier molecular flexibility index (Phi) is 5.31. The van der Waals surface area contributed by atoms with Crippen LogP contribution >= 0.6 is 0 Å². The van der Waals surface area contributed by atoms with E-state index < -0.39 is 6.03 Å². The van der Waals surface area contributed by atoms with E-state index in [1.807, 2.05) is 0 Å². The molecule has 31 heavy (non-hydrogen) atoms. The number of ether oxygens (including phenoxy) is 1. The topological polar surface area (TPSA) is 114 Å². The summed E-state index contributed by atoms with van der Waals surface area (Å²) in [5.41, 5.74) is 2.64. The molecule has 0 saturated carbocycles. The average Bonchev–Trinajstić information content (AvgIpc) is 3.01. The summed E-state index contributed by atoms with van der Waals surface area (Å²) in [5, 5.41) is 5.27. The minimum Gasteiger partial charge on any atom is -0.495 e. The fourth-order valence-corrected chi connectivity index (χ4v) is 3.23. The number of nitrogens with one attached hydrogen (secondary N) is 2. The molecule has 9 heteroatoms. The molecule has 4 rings (SSSR count). The van der Waals surface area contributed by atoms with Gasteiger partial charge in [-0.05, 0) is 36.8 Å². The molecule has 0 atom stereocenters. The molecule has 156 valence electrons. The lowest BCUT2D eigenvalue weighted by molar-refractivity contribution is 0.0642. The van der Waals surface area contributed by atoms with Gasteiger partial charge in [0.1, 0.15) is 5.75 Å². The third-order valence-electron chi connectivity index (χ3n) is 4.76. The molecule has 0 aliphatic carbocycles. The van der Waals surface area contributed by atoms with Crippen LogP contribution in [-0.2, 0) is 6.54 Å². The van der Waals surface area contributed by atoms with E-state index in [1.54, 1.807) is 55.6 Å². The first-order valence-corrected chi connectivity index (χ1v) is 9.45. The van der Waals surface area contributed by atoms with Gasteiger partial charge in [0.05, 0.1) is 48.6 Å². The minimum absolute atomic E-state index is 0.0914. The molecule has 2 N–H and O–H groups in total. The zero-order valence-electron chi connectivity index (χ0n) is 16.9. The van der Waals surface area contributed by atoms with Crippen LogP contribution in [0.15, 0.2) is 54.9 Å². The van der Waals surface area contributed by atoms with Crippen LogP contribution in [0.2, 0.25) is 0 Å². The molecule has 1 aromatic heterocycles. The molecule has 1 aliphatic heterocycles.